The van der Waals surface area contributed by atoms with Crippen LogP contribution in [-0.4, -0.2) is 17.6 Å². The van der Waals surface area contributed by atoms with Crippen molar-refractivity contribution in [1.82, 2.24) is 5.32 Å². The smallest absolute Gasteiger partial charge is 0.251 e. The maximum Gasteiger partial charge on any atom is 0.251 e. The number of hydrogen-bond acceptors (Lipinski definition) is 3. The number of aromatic hydroxyl groups is 1. The van der Waals surface area contributed by atoms with Crippen molar-refractivity contribution >= 4 is 5.91 Å². The Morgan fingerprint density at radius 1 is 1.10 bits per heavy atom. The van der Waals surface area contributed by atoms with Crippen LogP contribution >= 0.6 is 0 Å². The SMILES string of the molecule is NCCc1ccc(CNC(=O)c2cccc(O)c2)cc1. The van der Waals surface area contributed by atoms with Gasteiger partial charge in [-0.15, -0.1) is 0 Å². The molecule has 0 aliphatic carbocycles. The Kier molecular flexibility index (Phi) is 4.74. The highest BCUT2D eigenvalue weighted by atomic mass is 16.3. The molecule has 0 radical (unpaired) electrons. The number of phenols is 1. The van der Waals surface area contributed by atoms with Crippen LogP contribution in [0.15, 0.2) is 48.5 Å². The number of phenolic OH excluding ortho intramolecular Hbond substituents is 1. The van der Waals surface area contributed by atoms with Gasteiger partial charge in [-0.1, -0.05) is 30.3 Å². The molecule has 0 unspecified atom stereocenters. The summed E-state index contributed by atoms with van der Waals surface area (Å²) in [5, 5.41) is 12.2. The Bertz CT molecular complexity index is 579. The normalized spacial score (nSPS) is 10.2. The lowest BCUT2D eigenvalue weighted by molar-refractivity contribution is 0.0950. The highest BCUT2D eigenvalue weighted by Crippen LogP contribution is 2.11. The van der Waals surface area contributed by atoms with Gasteiger partial charge in [-0.2, -0.15) is 0 Å². The van der Waals surface area contributed by atoms with Gasteiger partial charge in [-0.25, -0.2) is 0 Å². The van der Waals surface area contributed by atoms with Gasteiger partial charge in [0.2, 0.25) is 0 Å². The first-order valence-electron chi connectivity index (χ1n) is 6.54. The van der Waals surface area contributed by atoms with Gasteiger partial charge in [0.25, 0.3) is 5.91 Å². The van der Waals surface area contributed by atoms with Gasteiger partial charge >= 0.3 is 0 Å². The summed E-state index contributed by atoms with van der Waals surface area (Å²) in [6.07, 6.45) is 0.857. The molecule has 1 amide bonds. The average Bonchev–Trinajstić information content (AvgIpc) is 2.46. The summed E-state index contributed by atoms with van der Waals surface area (Å²) in [5.41, 5.74) is 8.16. The van der Waals surface area contributed by atoms with Gasteiger partial charge in [0.15, 0.2) is 0 Å². The largest absolute Gasteiger partial charge is 0.508 e. The molecule has 0 saturated carbocycles. The lowest BCUT2D eigenvalue weighted by Crippen LogP contribution is -2.22. The molecule has 4 N–H and O–H groups in total. The Balaban J connectivity index is 1.93. The van der Waals surface area contributed by atoms with Crippen molar-refractivity contribution in [3.63, 3.8) is 0 Å². The zero-order valence-electron chi connectivity index (χ0n) is 11.2. The number of nitrogens with one attached hydrogen (secondary N) is 1. The van der Waals surface area contributed by atoms with Crippen LogP contribution in [0, 0.1) is 0 Å². The predicted molar refractivity (Wildman–Crippen MR) is 78.5 cm³/mol. The van der Waals surface area contributed by atoms with Crippen molar-refractivity contribution in [3.8, 4) is 5.75 Å². The minimum atomic E-state index is -0.202. The Labute approximate surface area is 118 Å². The zero-order valence-corrected chi connectivity index (χ0v) is 11.2. The minimum Gasteiger partial charge on any atom is -0.508 e. The summed E-state index contributed by atoms with van der Waals surface area (Å²) in [4.78, 5) is 11.9. The second-order valence-corrected chi connectivity index (χ2v) is 4.59. The number of rotatable bonds is 5. The summed E-state index contributed by atoms with van der Waals surface area (Å²) < 4.78 is 0. The van der Waals surface area contributed by atoms with Crippen molar-refractivity contribution in [3.05, 3.63) is 65.2 Å². The standard InChI is InChI=1S/C16H18N2O2/c17-9-8-12-4-6-13(7-5-12)11-18-16(20)14-2-1-3-15(19)10-14/h1-7,10,19H,8-9,11,17H2,(H,18,20). The third-order valence-electron chi connectivity index (χ3n) is 3.02. The van der Waals surface area contributed by atoms with Crippen LogP contribution in [0.2, 0.25) is 0 Å². The molecule has 0 aliphatic rings. The van der Waals surface area contributed by atoms with Crippen molar-refractivity contribution < 1.29 is 9.90 Å². The van der Waals surface area contributed by atoms with Gasteiger partial charge < -0.3 is 16.2 Å². The molecule has 0 bridgehead atoms. The molecule has 2 rings (SSSR count). The summed E-state index contributed by atoms with van der Waals surface area (Å²) in [6.45, 7) is 1.09. The van der Waals surface area contributed by atoms with Crippen molar-refractivity contribution in [1.29, 1.82) is 0 Å². The fraction of sp³-hybridized carbons (Fsp3) is 0.188. The molecule has 0 spiro atoms. The fourth-order valence-corrected chi connectivity index (χ4v) is 1.92. The maximum atomic E-state index is 11.9. The van der Waals surface area contributed by atoms with E-state index < -0.39 is 0 Å². The van der Waals surface area contributed by atoms with Crippen LogP contribution in [0.3, 0.4) is 0 Å². The molecule has 0 fully saturated rings. The van der Waals surface area contributed by atoms with E-state index >= 15 is 0 Å². The molecule has 0 saturated heterocycles. The molecule has 0 atom stereocenters. The third kappa shape index (κ3) is 3.83. The highest BCUT2D eigenvalue weighted by Gasteiger charge is 2.05. The lowest BCUT2D eigenvalue weighted by atomic mass is 10.1. The average molecular weight is 270 g/mol. The quantitative estimate of drug-likeness (QED) is 0.775. The topological polar surface area (TPSA) is 75.3 Å². The van der Waals surface area contributed by atoms with Gasteiger partial charge in [-0.05, 0) is 42.3 Å². The monoisotopic (exact) mass is 270 g/mol. The molecule has 20 heavy (non-hydrogen) atoms. The number of nitrogens with two attached hydrogens (primary N) is 1. The maximum absolute atomic E-state index is 11.9. The van der Waals surface area contributed by atoms with Gasteiger partial charge in [0.05, 0.1) is 0 Å². The number of amides is 1. The summed E-state index contributed by atoms with van der Waals surface area (Å²) >= 11 is 0. The Morgan fingerprint density at radius 3 is 2.45 bits per heavy atom. The van der Waals surface area contributed by atoms with Crippen LogP contribution in [0.4, 0.5) is 0 Å². The van der Waals surface area contributed by atoms with Crippen LogP contribution in [0.5, 0.6) is 5.75 Å². The Morgan fingerprint density at radius 2 is 1.80 bits per heavy atom. The van der Waals surface area contributed by atoms with Crippen LogP contribution in [0.1, 0.15) is 21.5 Å². The first-order chi connectivity index (χ1) is 9.69. The molecular weight excluding hydrogens is 252 g/mol. The number of hydrogen-bond donors (Lipinski definition) is 3. The fourth-order valence-electron chi connectivity index (χ4n) is 1.92. The van der Waals surface area contributed by atoms with E-state index in [0.29, 0.717) is 18.7 Å². The van der Waals surface area contributed by atoms with E-state index in [4.69, 9.17) is 5.73 Å². The van der Waals surface area contributed by atoms with Crippen molar-refractivity contribution in [2.45, 2.75) is 13.0 Å². The zero-order chi connectivity index (χ0) is 14.4. The third-order valence-corrected chi connectivity index (χ3v) is 3.02. The summed E-state index contributed by atoms with van der Waals surface area (Å²) in [5.74, 6) is -0.115. The molecule has 0 heterocycles. The lowest BCUT2D eigenvalue weighted by Gasteiger charge is -2.07. The van der Waals surface area contributed by atoms with Crippen LogP contribution in [0.25, 0.3) is 0 Å². The number of carbonyl (C=O) groups is 1. The molecular formula is C16H18N2O2. The molecule has 4 nitrogen and oxygen atoms in total. The van der Waals surface area contributed by atoms with Crippen LogP contribution < -0.4 is 11.1 Å². The van der Waals surface area contributed by atoms with Gasteiger partial charge in [0.1, 0.15) is 5.75 Å². The van der Waals surface area contributed by atoms with E-state index in [-0.39, 0.29) is 11.7 Å². The van der Waals surface area contributed by atoms with E-state index in [1.165, 1.54) is 17.7 Å². The minimum absolute atomic E-state index is 0.0868. The van der Waals surface area contributed by atoms with Gasteiger partial charge in [-0.3, -0.25) is 4.79 Å². The molecule has 4 heteroatoms. The molecule has 2 aromatic rings. The van der Waals surface area contributed by atoms with E-state index in [2.05, 4.69) is 5.32 Å². The predicted octanol–water partition coefficient (Wildman–Crippen LogP) is 1.82. The second kappa shape index (κ2) is 6.73. The molecule has 2 aromatic carbocycles. The van der Waals surface area contributed by atoms with Crippen molar-refractivity contribution in [2.75, 3.05) is 6.54 Å². The second-order valence-electron chi connectivity index (χ2n) is 4.59. The van der Waals surface area contributed by atoms with Gasteiger partial charge in [0, 0.05) is 12.1 Å². The molecule has 0 aliphatic heterocycles. The first-order valence-corrected chi connectivity index (χ1v) is 6.54. The Hall–Kier alpha value is -2.33. The van der Waals surface area contributed by atoms with E-state index in [0.717, 1.165) is 12.0 Å². The molecule has 0 aromatic heterocycles. The summed E-state index contributed by atoms with van der Waals surface area (Å²) in [7, 11) is 0. The van der Waals surface area contributed by atoms with E-state index in [1.54, 1.807) is 12.1 Å². The summed E-state index contributed by atoms with van der Waals surface area (Å²) in [6, 6.07) is 14.3. The highest BCUT2D eigenvalue weighted by molar-refractivity contribution is 5.94. The first kappa shape index (κ1) is 14.1. The number of carbonyl (C=O) groups excluding carboxylic acids is 1. The van der Waals surface area contributed by atoms with Crippen LogP contribution in [-0.2, 0) is 13.0 Å². The van der Waals surface area contributed by atoms with E-state index in [1.807, 2.05) is 24.3 Å². The van der Waals surface area contributed by atoms with Crippen molar-refractivity contribution in [2.24, 2.45) is 5.73 Å². The van der Waals surface area contributed by atoms with E-state index in [9.17, 15) is 9.90 Å². The number of benzene rings is 2. The molecule has 104 valence electrons.